The molecule has 0 spiro atoms. The molecule has 6 nitrogen and oxygen atoms in total. The summed E-state index contributed by atoms with van der Waals surface area (Å²) in [7, 11) is 1.46. The number of carbonyl (C=O) groups is 1. The van der Waals surface area contributed by atoms with Crippen molar-refractivity contribution in [3.05, 3.63) is 58.1 Å². The van der Waals surface area contributed by atoms with Crippen LogP contribution in [0.5, 0.6) is 11.5 Å². The normalized spacial score (nSPS) is 11.6. The Bertz CT molecular complexity index is 990. The van der Waals surface area contributed by atoms with Crippen LogP contribution in [-0.4, -0.2) is 26.3 Å². The van der Waals surface area contributed by atoms with E-state index in [-0.39, 0.29) is 35.3 Å². The summed E-state index contributed by atoms with van der Waals surface area (Å²) in [5, 5.41) is 9.07. The molecular weight excluding hydrogens is 404 g/mol. The molecule has 0 saturated carbocycles. The maximum absolute atomic E-state index is 12.3. The van der Waals surface area contributed by atoms with Crippen molar-refractivity contribution in [3.63, 3.8) is 0 Å². The molecule has 0 aliphatic carbocycles. The van der Waals surface area contributed by atoms with E-state index >= 15 is 0 Å². The first kappa shape index (κ1) is 25.2. The van der Waals surface area contributed by atoms with Crippen molar-refractivity contribution in [2.24, 2.45) is 0 Å². The maximum atomic E-state index is 12.3. The zero-order valence-corrected chi connectivity index (χ0v) is 20.3. The number of hydrogen-bond donors (Lipinski definition) is 0. The maximum Gasteiger partial charge on any atom is 0.427 e. The largest absolute Gasteiger partial charge is 0.490 e. The average molecular weight is 440 g/mol. The summed E-state index contributed by atoms with van der Waals surface area (Å²) in [6, 6.07) is 10.9. The van der Waals surface area contributed by atoms with Crippen LogP contribution in [0.4, 0.5) is 5.69 Å². The van der Waals surface area contributed by atoms with Gasteiger partial charge in [-0.3, -0.25) is 0 Å². The molecular formula is C26H35N2O4+. The van der Waals surface area contributed by atoms with E-state index in [1.807, 2.05) is 6.07 Å². The number of hydrogen-bond acceptors (Lipinski definition) is 5. The number of nitrogens with zero attached hydrogens (tertiary/aromatic N) is 2. The Morgan fingerprint density at radius 2 is 1.59 bits per heavy atom. The van der Waals surface area contributed by atoms with Crippen LogP contribution in [0.2, 0.25) is 0 Å². The Morgan fingerprint density at radius 3 is 2.19 bits per heavy atom. The fourth-order valence-corrected chi connectivity index (χ4v) is 3.26. The van der Waals surface area contributed by atoms with Gasteiger partial charge in [-0.2, -0.15) is 0 Å². The lowest BCUT2D eigenvalue weighted by molar-refractivity contribution is 0.0449. The fraction of sp³-hybridized carbons (Fsp3) is 0.500. The van der Waals surface area contributed by atoms with Crippen LogP contribution >= 0.6 is 0 Å². The van der Waals surface area contributed by atoms with Crippen molar-refractivity contribution in [1.82, 2.24) is 0 Å². The van der Waals surface area contributed by atoms with Gasteiger partial charge >= 0.3 is 11.7 Å². The summed E-state index contributed by atoms with van der Waals surface area (Å²) in [6.45, 7) is 13.6. The van der Waals surface area contributed by atoms with Crippen molar-refractivity contribution in [2.45, 2.75) is 65.2 Å². The molecule has 172 valence electrons. The lowest BCUT2D eigenvalue weighted by Crippen LogP contribution is -2.22. The number of benzene rings is 2. The number of ether oxygens (including phenoxy) is 3. The van der Waals surface area contributed by atoms with Crippen molar-refractivity contribution < 1.29 is 19.0 Å². The first-order valence-corrected chi connectivity index (χ1v) is 11.1. The summed E-state index contributed by atoms with van der Waals surface area (Å²) in [5.74, 6) is 0.665. The number of esters is 1. The Hall–Kier alpha value is -3.07. The van der Waals surface area contributed by atoms with Crippen LogP contribution in [0, 0.1) is 5.39 Å². The van der Waals surface area contributed by atoms with E-state index < -0.39 is 5.97 Å². The van der Waals surface area contributed by atoms with Crippen LogP contribution in [0.15, 0.2) is 36.4 Å². The van der Waals surface area contributed by atoms with Gasteiger partial charge < -0.3 is 14.2 Å². The lowest BCUT2D eigenvalue weighted by atomic mass is 9.76. The van der Waals surface area contributed by atoms with Crippen LogP contribution in [-0.2, 0) is 15.6 Å². The molecule has 0 radical (unpaired) electrons. The molecule has 0 unspecified atom stereocenters. The quantitative estimate of drug-likeness (QED) is 0.231. The van der Waals surface area contributed by atoms with Gasteiger partial charge in [0.25, 0.3) is 0 Å². The van der Waals surface area contributed by atoms with E-state index in [0.717, 1.165) is 24.2 Å². The molecule has 2 aromatic carbocycles. The van der Waals surface area contributed by atoms with Crippen molar-refractivity contribution in [2.75, 3.05) is 20.3 Å². The van der Waals surface area contributed by atoms with Crippen LogP contribution in [0.3, 0.4) is 0 Å². The highest BCUT2D eigenvalue weighted by Gasteiger charge is 2.26. The van der Waals surface area contributed by atoms with E-state index in [0.29, 0.717) is 5.75 Å². The minimum absolute atomic E-state index is 0.0425. The van der Waals surface area contributed by atoms with Crippen molar-refractivity contribution >= 4 is 11.7 Å². The van der Waals surface area contributed by atoms with Gasteiger partial charge in [-0.15, -0.1) is 0 Å². The predicted molar refractivity (Wildman–Crippen MR) is 127 cm³/mol. The minimum atomic E-state index is -0.518. The van der Waals surface area contributed by atoms with E-state index in [4.69, 9.17) is 19.6 Å². The monoisotopic (exact) mass is 439 g/mol. The topological polar surface area (TPSA) is 72.9 Å². The van der Waals surface area contributed by atoms with E-state index in [1.165, 1.54) is 18.7 Å². The highest BCUT2D eigenvalue weighted by atomic mass is 16.6. The first-order valence-electron chi connectivity index (χ1n) is 11.1. The van der Waals surface area contributed by atoms with Gasteiger partial charge in [-0.05, 0) is 47.4 Å². The molecule has 0 aromatic heterocycles. The number of carbonyl (C=O) groups excluding carboxylic acids is 1. The van der Waals surface area contributed by atoms with Crippen LogP contribution < -0.4 is 9.47 Å². The number of diazo groups is 1. The third kappa shape index (κ3) is 5.79. The van der Waals surface area contributed by atoms with Crippen LogP contribution in [0.25, 0.3) is 4.98 Å². The Labute approximate surface area is 191 Å². The highest BCUT2D eigenvalue weighted by molar-refractivity contribution is 5.91. The van der Waals surface area contributed by atoms with Gasteiger partial charge in [0.1, 0.15) is 19.0 Å². The van der Waals surface area contributed by atoms with Gasteiger partial charge in [0.2, 0.25) is 11.1 Å². The average Bonchev–Trinajstić information content (AvgIpc) is 2.80. The van der Waals surface area contributed by atoms with Crippen LogP contribution in [0.1, 0.15) is 75.9 Å². The van der Waals surface area contributed by atoms with Gasteiger partial charge in [-0.25, -0.2) is 4.79 Å². The van der Waals surface area contributed by atoms with E-state index in [1.54, 1.807) is 12.1 Å². The molecule has 6 heteroatoms. The molecule has 0 aliphatic rings. The molecule has 0 aliphatic heterocycles. The fourth-order valence-electron chi connectivity index (χ4n) is 3.26. The van der Waals surface area contributed by atoms with Gasteiger partial charge in [0, 0.05) is 5.56 Å². The summed E-state index contributed by atoms with van der Waals surface area (Å²) in [5.41, 5.74) is 2.94. The molecule has 0 fully saturated rings. The Balaban J connectivity index is 2.09. The van der Waals surface area contributed by atoms with Gasteiger partial charge in [0.05, 0.1) is 18.7 Å². The predicted octanol–water partition coefficient (Wildman–Crippen LogP) is 6.79. The molecule has 0 bridgehead atoms. The van der Waals surface area contributed by atoms with Gasteiger partial charge in [0.15, 0.2) is 4.98 Å². The second-order valence-corrected chi connectivity index (χ2v) is 9.16. The molecule has 0 saturated heterocycles. The van der Waals surface area contributed by atoms with Crippen molar-refractivity contribution in [3.8, 4) is 11.5 Å². The molecule has 2 rings (SSSR count). The minimum Gasteiger partial charge on any atom is -0.490 e. The molecule has 32 heavy (non-hydrogen) atoms. The van der Waals surface area contributed by atoms with E-state index in [9.17, 15) is 4.79 Å². The molecule has 2 aromatic rings. The van der Waals surface area contributed by atoms with Crippen molar-refractivity contribution in [1.29, 1.82) is 5.39 Å². The smallest absolute Gasteiger partial charge is 0.427 e. The third-order valence-corrected chi connectivity index (χ3v) is 6.35. The molecule has 0 atom stereocenters. The second kappa shape index (κ2) is 10.5. The Morgan fingerprint density at radius 1 is 0.938 bits per heavy atom. The number of rotatable bonds is 10. The zero-order valence-electron chi connectivity index (χ0n) is 20.3. The van der Waals surface area contributed by atoms with E-state index in [2.05, 4.69) is 58.7 Å². The molecule has 0 N–H and O–H groups in total. The summed E-state index contributed by atoms with van der Waals surface area (Å²) < 4.78 is 16.5. The van der Waals surface area contributed by atoms with Gasteiger partial charge in [-0.1, -0.05) is 53.7 Å². The zero-order chi connectivity index (χ0) is 23.9. The summed E-state index contributed by atoms with van der Waals surface area (Å²) in [6.07, 6.45) is 2.02. The Kier molecular flexibility index (Phi) is 8.26. The summed E-state index contributed by atoms with van der Waals surface area (Å²) in [4.78, 5) is 15.5. The first-order chi connectivity index (χ1) is 15.1. The summed E-state index contributed by atoms with van der Waals surface area (Å²) >= 11 is 0. The number of methoxy groups -OCH3 is 1. The highest BCUT2D eigenvalue weighted by Crippen LogP contribution is 2.38. The molecule has 0 heterocycles. The molecule has 0 amide bonds. The lowest BCUT2D eigenvalue weighted by Gasteiger charge is -2.30. The standard InChI is InChI=1S/C26H35N2O4/c1-8-25(3,4)19-11-13-22(20(17-19)26(5,6)9-2)31-14-15-32-24(29)18-10-12-23(30-7)21(16-18)28-27/h10-13,16-17H,8-9,14-15H2,1-7H3/q+1. The SMILES string of the molecule is CCC(C)(C)c1ccc(OCCOC(=O)c2ccc(OC)c([N+]#N)c2)c(C(C)(C)CC)c1. The second-order valence-electron chi connectivity index (χ2n) is 9.16. The third-order valence-electron chi connectivity index (χ3n) is 6.35.